The van der Waals surface area contributed by atoms with Gasteiger partial charge < -0.3 is 0 Å². The molecule has 90 valence electrons. The molecule has 1 aliphatic heterocycles. The maximum Gasteiger partial charge on any atom is 0.0991 e. The SMILES string of the molecule is C[C@@H]1CCC[C@H](C)N1Cc1cccc(C#N)c1. The second-order valence-electron chi connectivity index (χ2n) is 5.11. The van der Waals surface area contributed by atoms with E-state index < -0.39 is 0 Å². The molecule has 0 amide bonds. The van der Waals surface area contributed by atoms with Crippen LogP contribution in [0.3, 0.4) is 0 Å². The molecular weight excluding hydrogens is 208 g/mol. The highest BCUT2D eigenvalue weighted by Crippen LogP contribution is 2.24. The van der Waals surface area contributed by atoms with E-state index in [1.165, 1.54) is 24.8 Å². The maximum atomic E-state index is 8.91. The summed E-state index contributed by atoms with van der Waals surface area (Å²) < 4.78 is 0. The Morgan fingerprint density at radius 1 is 1.29 bits per heavy atom. The highest BCUT2D eigenvalue weighted by Gasteiger charge is 2.24. The predicted molar refractivity (Wildman–Crippen MR) is 69.5 cm³/mol. The number of nitriles is 1. The first kappa shape index (κ1) is 12.1. The molecular formula is C15H20N2. The zero-order valence-corrected chi connectivity index (χ0v) is 10.7. The maximum absolute atomic E-state index is 8.91. The Morgan fingerprint density at radius 2 is 2.00 bits per heavy atom. The molecule has 0 saturated carbocycles. The van der Waals surface area contributed by atoms with Crippen LogP contribution in [-0.2, 0) is 6.54 Å². The summed E-state index contributed by atoms with van der Waals surface area (Å²) in [5.41, 5.74) is 2.02. The van der Waals surface area contributed by atoms with Crippen LogP contribution in [0.4, 0.5) is 0 Å². The van der Waals surface area contributed by atoms with Gasteiger partial charge in [-0.15, -0.1) is 0 Å². The van der Waals surface area contributed by atoms with Gasteiger partial charge in [0.1, 0.15) is 0 Å². The van der Waals surface area contributed by atoms with Crippen molar-refractivity contribution >= 4 is 0 Å². The minimum atomic E-state index is 0.657. The summed E-state index contributed by atoms with van der Waals surface area (Å²) in [4.78, 5) is 2.56. The third-order valence-corrected chi connectivity index (χ3v) is 3.80. The molecule has 0 N–H and O–H groups in total. The summed E-state index contributed by atoms with van der Waals surface area (Å²) in [6.45, 7) is 5.59. The lowest BCUT2D eigenvalue weighted by molar-refractivity contribution is 0.0953. The van der Waals surface area contributed by atoms with Gasteiger partial charge in [0.15, 0.2) is 0 Å². The third kappa shape index (κ3) is 2.87. The van der Waals surface area contributed by atoms with E-state index in [0.29, 0.717) is 12.1 Å². The molecule has 2 rings (SSSR count). The van der Waals surface area contributed by atoms with E-state index in [9.17, 15) is 0 Å². The molecule has 17 heavy (non-hydrogen) atoms. The van der Waals surface area contributed by atoms with E-state index in [1.807, 2.05) is 18.2 Å². The topological polar surface area (TPSA) is 27.0 Å². The van der Waals surface area contributed by atoms with E-state index in [-0.39, 0.29) is 0 Å². The minimum Gasteiger partial charge on any atom is -0.294 e. The standard InChI is InChI=1S/C15H20N2/c1-12-5-3-6-13(2)17(12)11-15-8-4-7-14(9-15)10-16/h4,7-9,12-13H,3,5-6,11H2,1-2H3/t12-,13+. The molecule has 1 fully saturated rings. The van der Waals surface area contributed by atoms with Gasteiger partial charge in [0.05, 0.1) is 11.6 Å². The van der Waals surface area contributed by atoms with Gasteiger partial charge in [0.2, 0.25) is 0 Å². The van der Waals surface area contributed by atoms with Crippen LogP contribution in [-0.4, -0.2) is 17.0 Å². The van der Waals surface area contributed by atoms with Crippen LogP contribution in [0.15, 0.2) is 24.3 Å². The number of hydrogen-bond acceptors (Lipinski definition) is 2. The quantitative estimate of drug-likeness (QED) is 0.776. The fourth-order valence-electron chi connectivity index (χ4n) is 2.74. The second-order valence-corrected chi connectivity index (χ2v) is 5.11. The minimum absolute atomic E-state index is 0.657. The molecule has 0 spiro atoms. The molecule has 0 unspecified atom stereocenters. The van der Waals surface area contributed by atoms with E-state index >= 15 is 0 Å². The predicted octanol–water partition coefficient (Wildman–Crippen LogP) is 3.32. The Hall–Kier alpha value is -1.33. The third-order valence-electron chi connectivity index (χ3n) is 3.80. The van der Waals surface area contributed by atoms with Crippen molar-refractivity contribution in [1.82, 2.24) is 4.90 Å². The lowest BCUT2D eigenvalue weighted by Gasteiger charge is -2.39. The van der Waals surface area contributed by atoms with Gasteiger partial charge in [-0.25, -0.2) is 0 Å². The molecule has 2 heteroatoms. The number of hydrogen-bond donors (Lipinski definition) is 0. The first-order valence-corrected chi connectivity index (χ1v) is 6.45. The number of nitrogens with zero attached hydrogens (tertiary/aromatic N) is 2. The van der Waals surface area contributed by atoms with Crippen LogP contribution in [0, 0.1) is 11.3 Å². The molecule has 1 heterocycles. The number of likely N-dealkylation sites (tertiary alicyclic amines) is 1. The van der Waals surface area contributed by atoms with Crippen molar-refractivity contribution in [2.45, 2.75) is 51.7 Å². The molecule has 2 nitrogen and oxygen atoms in total. The molecule has 0 bridgehead atoms. The number of piperidine rings is 1. The van der Waals surface area contributed by atoms with E-state index in [0.717, 1.165) is 12.1 Å². The smallest absolute Gasteiger partial charge is 0.0991 e. The average molecular weight is 228 g/mol. The normalized spacial score (nSPS) is 25.5. The van der Waals surface area contributed by atoms with E-state index in [1.54, 1.807) is 0 Å². The molecule has 0 aliphatic carbocycles. The van der Waals surface area contributed by atoms with Crippen LogP contribution in [0.5, 0.6) is 0 Å². The van der Waals surface area contributed by atoms with Crippen LogP contribution >= 0.6 is 0 Å². The summed E-state index contributed by atoms with van der Waals surface area (Å²) in [5, 5.41) is 8.91. The Kier molecular flexibility index (Phi) is 3.81. The highest BCUT2D eigenvalue weighted by molar-refractivity contribution is 5.32. The van der Waals surface area contributed by atoms with E-state index in [2.05, 4.69) is 30.9 Å². The molecule has 1 aromatic carbocycles. The Bertz CT molecular complexity index is 409. The Labute approximate surface area is 104 Å². The van der Waals surface area contributed by atoms with Gasteiger partial charge in [-0.2, -0.15) is 5.26 Å². The molecule has 0 aromatic heterocycles. The van der Waals surface area contributed by atoms with Gasteiger partial charge in [0.25, 0.3) is 0 Å². The van der Waals surface area contributed by atoms with Crippen molar-refractivity contribution in [3.05, 3.63) is 35.4 Å². The monoisotopic (exact) mass is 228 g/mol. The van der Waals surface area contributed by atoms with Crippen LogP contribution in [0.2, 0.25) is 0 Å². The first-order valence-electron chi connectivity index (χ1n) is 6.45. The van der Waals surface area contributed by atoms with Crippen LogP contribution < -0.4 is 0 Å². The van der Waals surface area contributed by atoms with Crippen molar-refractivity contribution in [2.75, 3.05) is 0 Å². The molecule has 2 atom stereocenters. The summed E-state index contributed by atoms with van der Waals surface area (Å²) in [6, 6.07) is 11.5. The zero-order chi connectivity index (χ0) is 12.3. The van der Waals surface area contributed by atoms with Gasteiger partial charge in [-0.05, 0) is 44.4 Å². The number of benzene rings is 1. The molecule has 1 aromatic rings. The Morgan fingerprint density at radius 3 is 2.65 bits per heavy atom. The van der Waals surface area contributed by atoms with Crippen molar-refractivity contribution in [1.29, 1.82) is 5.26 Å². The summed E-state index contributed by atoms with van der Waals surface area (Å²) in [5.74, 6) is 0. The average Bonchev–Trinajstić information content (AvgIpc) is 2.34. The van der Waals surface area contributed by atoms with Crippen molar-refractivity contribution in [3.63, 3.8) is 0 Å². The largest absolute Gasteiger partial charge is 0.294 e. The molecule has 1 aliphatic rings. The van der Waals surface area contributed by atoms with Gasteiger partial charge in [0, 0.05) is 18.6 Å². The van der Waals surface area contributed by atoms with Crippen molar-refractivity contribution in [3.8, 4) is 6.07 Å². The lowest BCUT2D eigenvalue weighted by atomic mass is 9.96. The highest BCUT2D eigenvalue weighted by atomic mass is 15.2. The van der Waals surface area contributed by atoms with Crippen molar-refractivity contribution in [2.24, 2.45) is 0 Å². The number of rotatable bonds is 2. The summed E-state index contributed by atoms with van der Waals surface area (Å²) >= 11 is 0. The fraction of sp³-hybridized carbons (Fsp3) is 0.533. The fourth-order valence-corrected chi connectivity index (χ4v) is 2.74. The van der Waals surface area contributed by atoms with Crippen LogP contribution in [0.25, 0.3) is 0 Å². The van der Waals surface area contributed by atoms with E-state index in [4.69, 9.17) is 5.26 Å². The van der Waals surface area contributed by atoms with Gasteiger partial charge >= 0.3 is 0 Å². The first-order chi connectivity index (χ1) is 8.20. The lowest BCUT2D eigenvalue weighted by Crippen LogP contribution is -2.42. The molecule has 0 radical (unpaired) electrons. The Balaban J connectivity index is 2.11. The summed E-state index contributed by atoms with van der Waals surface area (Å²) in [7, 11) is 0. The van der Waals surface area contributed by atoms with Gasteiger partial charge in [-0.3, -0.25) is 4.90 Å². The summed E-state index contributed by atoms with van der Waals surface area (Å²) in [6.07, 6.45) is 3.93. The van der Waals surface area contributed by atoms with Crippen molar-refractivity contribution < 1.29 is 0 Å². The zero-order valence-electron chi connectivity index (χ0n) is 10.7. The second kappa shape index (κ2) is 5.33. The van der Waals surface area contributed by atoms with Gasteiger partial charge in [-0.1, -0.05) is 18.6 Å². The molecule has 1 saturated heterocycles. The van der Waals surface area contributed by atoms with Crippen LogP contribution in [0.1, 0.15) is 44.2 Å².